The Bertz CT molecular complexity index is 1030. The number of hydrogen-bond donors (Lipinski definition) is 0. The van der Waals surface area contributed by atoms with Gasteiger partial charge in [0.15, 0.2) is 11.9 Å². The van der Waals surface area contributed by atoms with E-state index in [-0.39, 0.29) is 18.2 Å². The number of furan rings is 1. The van der Waals surface area contributed by atoms with Crippen LogP contribution in [0, 0.1) is 28.6 Å². The number of carbonyl (C=O) groups excluding carboxylic acids is 4. The Morgan fingerprint density at radius 2 is 1.91 bits per heavy atom. The number of ether oxygens (including phenoxy) is 3. The molecule has 1 aromatic rings. The van der Waals surface area contributed by atoms with E-state index in [4.69, 9.17) is 18.6 Å². The largest absolute Gasteiger partial charge is 0.469 e. The second kappa shape index (κ2) is 9.08. The highest BCUT2D eigenvalue weighted by atomic mass is 16.6. The molecule has 7 atom stereocenters. The van der Waals surface area contributed by atoms with Crippen LogP contribution in [0.2, 0.25) is 0 Å². The Balaban J connectivity index is 1.77. The molecule has 1 aromatic heterocycles. The summed E-state index contributed by atoms with van der Waals surface area (Å²) in [6.45, 7) is 5.67. The van der Waals surface area contributed by atoms with Gasteiger partial charge in [-0.05, 0) is 50.3 Å². The monoisotopic (exact) mass is 489 g/mol. The normalized spacial score (nSPS) is 36.7. The first kappa shape index (κ1) is 25.4. The number of nitrogens with zero attached hydrogens (tertiary/aromatic N) is 1. The van der Waals surface area contributed by atoms with Gasteiger partial charge in [-0.15, -0.1) is 0 Å². The molecule has 9 heteroatoms. The summed E-state index contributed by atoms with van der Waals surface area (Å²) >= 11 is 0. The highest BCUT2D eigenvalue weighted by molar-refractivity contribution is 5.93. The number of methoxy groups -OCH3 is 1. The summed E-state index contributed by atoms with van der Waals surface area (Å²) in [5.74, 6) is -2.71. The number of ketones is 1. The van der Waals surface area contributed by atoms with Gasteiger partial charge < -0.3 is 23.5 Å². The third-order valence-electron chi connectivity index (χ3n) is 8.48. The van der Waals surface area contributed by atoms with Crippen molar-refractivity contribution in [3.05, 3.63) is 23.7 Å². The second-order valence-electron chi connectivity index (χ2n) is 11.0. The van der Waals surface area contributed by atoms with Gasteiger partial charge in [0.2, 0.25) is 0 Å². The summed E-state index contributed by atoms with van der Waals surface area (Å²) in [6.07, 6.45) is 1.42. The maximum absolute atomic E-state index is 13.9. The van der Waals surface area contributed by atoms with Crippen LogP contribution in [-0.2, 0) is 39.9 Å². The lowest BCUT2D eigenvalue weighted by molar-refractivity contribution is -0.210. The van der Waals surface area contributed by atoms with Crippen molar-refractivity contribution in [3.8, 4) is 0 Å². The van der Waals surface area contributed by atoms with Crippen molar-refractivity contribution in [2.45, 2.75) is 65.2 Å². The third kappa shape index (κ3) is 4.17. The molecule has 192 valence electrons. The predicted molar refractivity (Wildman–Crippen MR) is 123 cm³/mol. The fourth-order valence-corrected chi connectivity index (χ4v) is 7.05. The topological polar surface area (TPSA) is 112 Å². The minimum Gasteiger partial charge on any atom is -0.469 e. The first-order chi connectivity index (χ1) is 16.4. The first-order valence-electron chi connectivity index (χ1n) is 12.1. The van der Waals surface area contributed by atoms with E-state index < -0.39 is 52.7 Å². The number of esters is 3. The lowest BCUT2D eigenvalue weighted by Gasteiger charge is -2.61. The van der Waals surface area contributed by atoms with Gasteiger partial charge >= 0.3 is 17.9 Å². The zero-order chi connectivity index (χ0) is 25.7. The molecule has 0 amide bonds. The van der Waals surface area contributed by atoms with Gasteiger partial charge in [0.05, 0.1) is 31.8 Å². The molecule has 0 N–H and O–H groups in total. The van der Waals surface area contributed by atoms with Crippen LogP contribution in [0.3, 0.4) is 0 Å². The number of rotatable bonds is 5. The Hall–Kier alpha value is -2.68. The highest BCUT2D eigenvalue weighted by Gasteiger charge is 2.67. The standard InChI is InChI=1S/C26H35NO8/c1-14(28)34-18-11-17(23(30)32-6)25(2)9-7-16-24(31)35-19(12-26(16,3)22(25)21(18)29)15-8-10-33-20(15)13-27(4)5/h8,10,16-19,22H,7,9,11-13H2,1-6H3/t16-,17-,18-,19-,22-,25-,26-/m0/s1. The molecule has 3 aliphatic rings. The number of fused-ring (bicyclic) bond motifs is 3. The maximum Gasteiger partial charge on any atom is 0.310 e. The van der Waals surface area contributed by atoms with Gasteiger partial charge in [0, 0.05) is 24.8 Å². The van der Waals surface area contributed by atoms with Gasteiger partial charge in [-0.3, -0.25) is 19.2 Å². The summed E-state index contributed by atoms with van der Waals surface area (Å²) in [6, 6.07) is 1.81. The lowest BCUT2D eigenvalue weighted by Crippen LogP contribution is -2.64. The quantitative estimate of drug-likeness (QED) is 0.455. The molecule has 0 bridgehead atoms. The Labute approximate surface area is 205 Å². The molecule has 0 spiro atoms. The molecule has 0 radical (unpaired) electrons. The molecule has 1 aliphatic heterocycles. The van der Waals surface area contributed by atoms with E-state index in [1.165, 1.54) is 14.0 Å². The predicted octanol–water partition coefficient (Wildman–Crippen LogP) is 3.06. The zero-order valence-corrected chi connectivity index (χ0v) is 21.3. The highest BCUT2D eigenvalue weighted by Crippen LogP contribution is 2.65. The molecule has 3 fully saturated rings. The molecule has 2 saturated carbocycles. The lowest BCUT2D eigenvalue weighted by atomic mass is 9.43. The summed E-state index contributed by atoms with van der Waals surface area (Å²) in [5, 5.41) is 0. The van der Waals surface area contributed by atoms with E-state index in [0.717, 1.165) is 5.56 Å². The average molecular weight is 490 g/mol. The van der Waals surface area contributed by atoms with Crippen molar-refractivity contribution in [2.24, 2.45) is 28.6 Å². The van der Waals surface area contributed by atoms with Crippen LogP contribution in [0.25, 0.3) is 0 Å². The molecular weight excluding hydrogens is 454 g/mol. The fraction of sp³-hybridized carbons (Fsp3) is 0.692. The van der Waals surface area contributed by atoms with E-state index >= 15 is 0 Å². The fourth-order valence-electron chi connectivity index (χ4n) is 7.05. The van der Waals surface area contributed by atoms with Crippen molar-refractivity contribution in [1.29, 1.82) is 0 Å². The van der Waals surface area contributed by atoms with E-state index in [0.29, 0.717) is 31.6 Å². The molecular formula is C26H35NO8. The van der Waals surface area contributed by atoms with E-state index in [1.807, 2.05) is 38.9 Å². The average Bonchev–Trinajstić information content (AvgIpc) is 3.21. The first-order valence-corrected chi connectivity index (χ1v) is 12.1. The minimum atomic E-state index is -1.06. The third-order valence-corrected chi connectivity index (χ3v) is 8.48. The van der Waals surface area contributed by atoms with Crippen molar-refractivity contribution >= 4 is 23.7 Å². The van der Waals surface area contributed by atoms with Crippen LogP contribution >= 0.6 is 0 Å². The van der Waals surface area contributed by atoms with E-state index in [9.17, 15) is 19.2 Å². The summed E-state index contributed by atoms with van der Waals surface area (Å²) in [5.41, 5.74) is -0.762. The Kier molecular flexibility index (Phi) is 6.59. The van der Waals surface area contributed by atoms with Crippen LogP contribution in [0.5, 0.6) is 0 Å². The van der Waals surface area contributed by atoms with E-state index in [1.54, 1.807) is 6.26 Å². The summed E-state index contributed by atoms with van der Waals surface area (Å²) < 4.78 is 22.1. The zero-order valence-electron chi connectivity index (χ0n) is 21.3. The van der Waals surface area contributed by atoms with Gasteiger partial charge in [-0.2, -0.15) is 0 Å². The molecule has 0 unspecified atom stereocenters. The Morgan fingerprint density at radius 3 is 2.54 bits per heavy atom. The summed E-state index contributed by atoms with van der Waals surface area (Å²) in [4.78, 5) is 53.9. The van der Waals surface area contributed by atoms with Crippen LogP contribution in [-0.4, -0.2) is 55.9 Å². The minimum absolute atomic E-state index is 0.0847. The van der Waals surface area contributed by atoms with Crippen molar-refractivity contribution < 1.29 is 37.8 Å². The molecule has 9 nitrogen and oxygen atoms in total. The number of hydrogen-bond acceptors (Lipinski definition) is 9. The van der Waals surface area contributed by atoms with Crippen molar-refractivity contribution in [1.82, 2.24) is 4.90 Å². The van der Waals surface area contributed by atoms with Crippen LogP contribution in [0.15, 0.2) is 16.7 Å². The smallest absolute Gasteiger partial charge is 0.310 e. The number of carbonyl (C=O) groups is 4. The van der Waals surface area contributed by atoms with Gasteiger partial charge in [0.25, 0.3) is 0 Å². The summed E-state index contributed by atoms with van der Waals surface area (Å²) in [7, 11) is 5.17. The SMILES string of the molecule is COC(=O)[C@@H]1C[C@H](OC(C)=O)C(=O)[C@H]2[C@@]1(C)CC[C@H]1C(=O)O[C@H](c3ccoc3CN(C)C)C[C@]21C. The molecule has 1 saturated heterocycles. The van der Waals surface area contributed by atoms with Gasteiger partial charge in [-0.1, -0.05) is 13.8 Å². The van der Waals surface area contributed by atoms with Crippen molar-refractivity contribution in [3.63, 3.8) is 0 Å². The van der Waals surface area contributed by atoms with Gasteiger partial charge in [-0.25, -0.2) is 0 Å². The number of cyclic esters (lactones) is 1. The molecule has 2 aliphatic carbocycles. The van der Waals surface area contributed by atoms with Crippen LogP contribution in [0.4, 0.5) is 0 Å². The molecule has 35 heavy (non-hydrogen) atoms. The van der Waals surface area contributed by atoms with Crippen molar-refractivity contribution in [2.75, 3.05) is 21.2 Å². The van der Waals surface area contributed by atoms with Crippen LogP contribution in [0.1, 0.15) is 63.9 Å². The molecule has 4 rings (SSSR count). The maximum atomic E-state index is 13.9. The molecule has 2 heterocycles. The second-order valence-corrected chi connectivity index (χ2v) is 11.0. The van der Waals surface area contributed by atoms with Gasteiger partial charge in [0.1, 0.15) is 11.9 Å². The Morgan fingerprint density at radius 1 is 1.20 bits per heavy atom. The van der Waals surface area contributed by atoms with E-state index in [2.05, 4.69) is 0 Å². The molecule has 0 aromatic carbocycles. The number of Topliss-reactive ketones (excluding diaryl/α,β-unsaturated/α-hetero) is 1. The van der Waals surface area contributed by atoms with Crippen LogP contribution < -0.4 is 0 Å².